The maximum absolute atomic E-state index is 12.8. The molecule has 2 aliphatic rings. The molecule has 2 aromatic rings. The molecule has 2 aliphatic heterocycles. The molecule has 0 saturated carbocycles. The Bertz CT molecular complexity index is 903. The molecule has 0 bridgehead atoms. The number of anilines is 1. The summed E-state index contributed by atoms with van der Waals surface area (Å²) in [6.45, 7) is 4.23. The van der Waals surface area contributed by atoms with Crippen LogP contribution in [-0.4, -0.2) is 55.5 Å². The summed E-state index contributed by atoms with van der Waals surface area (Å²) in [4.78, 5) is 29.6. The lowest BCUT2D eigenvalue weighted by Gasteiger charge is -2.27. The van der Waals surface area contributed by atoms with Crippen molar-refractivity contribution in [3.8, 4) is 0 Å². The van der Waals surface area contributed by atoms with Crippen LogP contribution in [0.25, 0.3) is 11.0 Å². The first-order valence-electron chi connectivity index (χ1n) is 9.46. The Hall–Kier alpha value is -1.38. The fourth-order valence-corrected chi connectivity index (χ4v) is 4.20. The van der Waals surface area contributed by atoms with Crippen LogP contribution in [-0.2, 0) is 11.2 Å². The maximum atomic E-state index is 12.8. The highest BCUT2D eigenvalue weighted by atomic mass is 79.9. The molecule has 0 spiro atoms. The third kappa shape index (κ3) is 4.28. The number of likely N-dealkylation sites (tertiary alicyclic amines) is 1. The van der Waals surface area contributed by atoms with Gasteiger partial charge in [0, 0.05) is 43.1 Å². The largest absolute Gasteiger partial charge is 0.440 e. The number of morpholine rings is 1. The van der Waals surface area contributed by atoms with Crippen LogP contribution >= 0.6 is 32.9 Å². The van der Waals surface area contributed by atoms with Gasteiger partial charge in [-0.3, -0.25) is 9.59 Å². The predicted octanol–water partition coefficient (Wildman–Crippen LogP) is 3.38. The number of aryl methyl sites for hydroxylation is 1. The van der Waals surface area contributed by atoms with Gasteiger partial charge in [-0.05, 0) is 37.0 Å². The smallest absolute Gasteiger partial charge is 0.253 e. The molecular weight excluding hydrogens is 492 g/mol. The first kappa shape index (κ1) is 21.3. The van der Waals surface area contributed by atoms with Gasteiger partial charge in [0.1, 0.15) is 5.58 Å². The Labute approximate surface area is 182 Å². The van der Waals surface area contributed by atoms with Crippen molar-refractivity contribution in [2.75, 3.05) is 49.6 Å². The van der Waals surface area contributed by atoms with E-state index >= 15 is 0 Å². The van der Waals surface area contributed by atoms with Gasteiger partial charge in [-0.25, -0.2) is 0 Å². The Morgan fingerprint density at radius 1 is 1.07 bits per heavy atom. The zero-order valence-electron chi connectivity index (χ0n) is 15.6. The van der Waals surface area contributed by atoms with E-state index in [9.17, 15) is 9.59 Å². The zero-order chi connectivity index (χ0) is 18.8. The number of alkyl halides is 1. The predicted molar refractivity (Wildman–Crippen MR) is 118 cm³/mol. The minimum Gasteiger partial charge on any atom is -0.440 e. The van der Waals surface area contributed by atoms with Gasteiger partial charge in [0.2, 0.25) is 0 Å². The number of hydrogen-bond donors (Lipinski definition) is 0. The molecule has 2 fully saturated rings. The second-order valence-corrected chi connectivity index (χ2v) is 7.79. The molecule has 2 saturated heterocycles. The number of amides is 1. The Morgan fingerprint density at radius 2 is 1.79 bits per heavy atom. The van der Waals surface area contributed by atoms with Crippen LogP contribution in [0.4, 0.5) is 5.88 Å². The maximum Gasteiger partial charge on any atom is 0.253 e. The monoisotopic (exact) mass is 514 g/mol. The molecule has 28 heavy (non-hydrogen) atoms. The van der Waals surface area contributed by atoms with E-state index in [1.54, 1.807) is 6.07 Å². The van der Waals surface area contributed by atoms with Gasteiger partial charge in [0.25, 0.3) is 5.91 Å². The molecule has 6 nitrogen and oxygen atoms in total. The van der Waals surface area contributed by atoms with Crippen LogP contribution in [0.3, 0.4) is 0 Å². The average molecular weight is 516 g/mol. The lowest BCUT2D eigenvalue weighted by molar-refractivity contribution is 0.0793. The summed E-state index contributed by atoms with van der Waals surface area (Å²) in [5, 5.41) is 1.21. The quantitative estimate of drug-likeness (QED) is 0.584. The van der Waals surface area contributed by atoms with Gasteiger partial charge in [0.15, 0.2) is 11.3 Å². The van der Waals surface area contributed by atoms with Gasteiger partial charge < -0.3 is 19.0 Å². The van der Waals surface area contributed by atoms with E-state index in [0.29, 0.717) is 55.1 Å². The summed E-state index contributed by atoms with van der Waals surface area (Å²) < 4.78 is 11.5. The molecule has 3 heterocycles. The van der Waals surface area contributed by atoms with Crippen LogP contribution in [0.2, 0.25) is 0 Å². The minimum atomic E-state index is -0.107. The summed E-state index contributed by atoms with van der Waals surface area (Å²) in [5.41, 5.74) is 1.94. The Kier molecular flexibility index (Phi) is 7.17. The first-order chi connectivity index (χ1) is 13.2. The van der Waals surface area contributed by atoms with E-state index in [0.717, 1.165) is 36.8 Å². The summed E-state index contributed by atoms with van der Waals surface area (Å²) in [6.07, 6.45) is 2.77. The SMILES string of the molecule is Br.O=C(c1cc(CCBr)c2oc(N3CCOCC3)cc(=O)c2c1)N1CCCC1. The van der Waals surface area contributed by atoms with Crippen molar-refractivity contribution in [1.82, 2.24) is 4.90 Å². The number of halogens is 2. The average Bonchev–Trinajstić information content (AvgIpc) is 3.23. The van der Waals surface area contributed by atoms with Gasteiger partial charge in [-0.15, -0.1) is 17.0 Å². The summed E-state index contributed by atoms with van der Waals surface area (Å²) >= 11 is 3.47. The van der Waals surface area contributed by atoms with Gasteiger partial charge in [-0.2, -0.15) is 0 Å². The number of fused-ring (bicyclic) bond motifs is 1. The summed E-state index contributed by atoms with van der Waals surface area (Å²) in [5.74, 6) is 0.576. The fourth-order valence-electron chi connectivity index (χ4n) is 3.77. The van der Waals surface area contributed by atoms with Crippen LogP contribution < -0.4 is 10.3 Å². The Morgan fingerprint density at radius 3 is 2.46 bits per heavy atom. The van der Waals surface area contributed by atoms with Crippen molar-refractivity contribution in [2.24, 2.45) is 0 Å². The minimum absolute atomic E-state index is 0. The molecule has 152 valence electrons. The van der Waals surface area contributed by atoms with Crippen molar-refractivity contribution in [3.63, 3.8) is 0 Å². The second-order valence-electron chi connectivity index (χ2n) is 7.00. The van der Waals surface area contributed by atoms with E-state index in [4.69, 9.17) is 9.15 Å². The number of hydrogen-bond acceptors (Lipinski definition) is 5. The molecule has 8 heteroatoms. The standard InChI is InChI=1S/C20H23BrN2O4.BrH/c21-4-3-14-11-15(20(25)23-5-1-2-6-23)12-16-17(24)13-18(27-19(14)16)22-7-9-26-10-8-22;/h11-13H,1-10H2;1H. The molecule has 1 aromatic heterocycles. The fraction of sp³-hybridized carbons (Fsp3) is 0.500. The summed E-state index contributed by atoms with van der Waals surface area (Å²) in [6, 6.07) is 5.12. The molecule has 0 radical (unpaired) electrons. The molecule has 4 rings (SSSR count). The molecule has 1 amide bonds. The first-order valence-corrected chi connectivity index (χ1v) is 10.6. The number of carbonyl (C=O) groups excluding carboxylic acids is 1. The normalized spacial score (nSPS) is 17.0. The van der Waals surface area contributed by atoms with Crippen LogP contribution in [0.5, 0.6) is 0 Å². The topological polar surface area (TPSA) is 63.0 Å². The van der Waals surface area contributed by atoms with Crippen LogP contribution in [0, 0.1) is 0 Å². The van der Waals surface area contributed by atoms with Crippen LogP contribution in [0.1, 0.15) is 28.8 Å². The van der Waals surface area contributed by atoms with E-state index in [2.05, 4.69) is 15.9 Å². The summed E-state index contributed by atoms with van der Waals surface area (Å²) in [7, 11) is 0. The van der Waals surface area contributed by atoms with Crippen molar-refractivity contribution < 1.29 is 13.9 Å². The third-order valence-corrected chi connectivity index (χ3v) is 5.62. The van der Waals surface area contributed by atoms with E-state index < -0.39 is 0 Å². The van der Waals surface area contributed by atoms with Gasteiger partial charge >= 0.3 is 0 Å². The molecule has 1 aromatic carbocycles. The third-order valence-electron chi connectivity index (χ3n) is 5.22. The number of ether oxygens (including phenoxy) is 1. The second kappa shape index (κ2) is 9.41. The number of carbonyl (C=O) groups is 1. The number of benzene rings is 1. The van der Waals surface area contributed by atoms with Crippen molar-refractivity contribution in [1.29, 1.82) is 0 Å². The van der Waals surface area contributed by atoms with E-state index in [1.165, 1.54) is 6.07 Å². The zero-order valence-corrected chi connectivity index (χ0v) is 18.9. The van der Waals surface area contributed by atoms with Gasteiger partial charge in [-0.1, -0.05) is 15.9 Å². The van der Waals surface area contributed by atoms with Crippen molar-refractivity contribution >= 4 is 55.7 Å². The Balaban J connectivity index is 0.00000225. The van der Waals surface area contributed by atoms with Crippen molar-refractivity contribution in [3.05, 3.63) is 39.5 Å². The highest BCUT2D eigenvalue weighted by Gasteiger charge is 2.23. The lowest BCUT2D eigenvalue weighted by atomic mass is 10.0. The van der Waals surface area contributed by atoms with Crippen molar-refractivity contribution in [2.45, 2.75) is 19.3 Å². The van der Waals surface area contributed by atoms with E-state index in [1.807, 2.05) is 15.9 Å². The molecule has 0 N–H and O–H groups in total. The number of nitrogens with zero attached hydrogens (tertiary/aromatic N) is 2. The number of rotatable bonds is 4. The molecule has 0 atom stereocenters. The van der Waals surface area contributed by atoms with Crippen LogP contribution in [0.15, 0.2) is 27.4 Å². The highest BCUT2D eigenvalue weighted by Crippen LogP contribution is 2.26. The van der Waals surface area contributed by atoms with Gasteiger partial charge in [0.05, 0.1) is 18.6 Å². The lowest BCUT2D eigenvalue weighted by Crippen LogP contribution is -2.36. The molecular formula is C20H24Br2N2O4. The molecule has 0 aliphatic carbocycles. The highest BCUT2D eigenvalue weighted by molar-refractivity contribution is 9.09. The molecule has 0 unspecified atom stereocenters. The van der Waals surface area contributed by atoms with E-state index in [-0.39, 0.29) is 28.3 Å².